The number of ether oxygens (including phenoxy) is 1. The van der Waals surface area contributed by atoms with Gasteiger partial charge in [-0.15, -0.1) is 11.3 Å². The fourth-order valence-corrected chi connectivity index (χ4v) is 4.80. The molecule has 0 saturated heterocycles. The number of aromatic nitrogens is 1. The van der Waals surface area contributed by atoms with Gasteiger partial charge < -0.3 is 15.4 Å². The Bertz CT molecular complexity index is 889. The Morgan fingerprint density at radius 3 is 2.62 bits per heavy atom. The summed E-state index contributed by atoms with van der Waals surface area (Å²) in [5.74, 6) is -0.964. The number of hydrogen-bond acceptors (Lipinski definition) is 8. The molecule has 0 aromatic carbocycles. The van der Waals surface area contributed by atoms with Gasteiger partial charge in [0.05, 0.1) is 26.4 Å². The molecule has 2 rings (SSSR count). The number of rotatable bonds is 10. The van der Waals surface area contributed by atoms with Gasteiger partial charge in [-0.1, -0.05) is 35.0 Å². The molecule has 2 N–H and O–H groups in total. The van der Waals surface area contributed by atoms with Crippen molar-refractivity contribution in [1.82, 2.24) is 15.6 Å². The second-order valence-corrected chi connectivity index (χ2v) is 8.60. The number of methoxy groups -OCH3 is 1. The average Bonchev–Trinajstić information content (AvgIpc) is 3.11. The number of hydrogen-bond donors (Lipinski definition) is 2. The van der Waals surface area contributed by atoms with E-state index >= 15 is 0 Å². The first-order valence-electron chi connectivity index (χ1n) is 8.12. The van der Waals surface area contributed by atoms with Crippen molar-refractivity contribution in [3.63, 3.8) is 0 Å². The van der Waals surface area contributed by atoms with Gasteiger partial charge in [-0.05, 0) is 6.42 Å². The molecule has 0 atom stereocenters. The molecular formula is C16H16Cl2N4O5S2. The normalized spacial score (nSPS) is 10.6. The summed E-state index contributed by atoms with van der Waals surface area (Å²) in [7, 11) is 1.56. The predicted molar refractivity (Wildman–Crippen MR) is 111 cm³/mol. The second-order valence-electron chi connectivity index (χ2n) is 5.45. The average molecular weight is 479 g/mol. The number of nitrogens with zero attached hydrogens (tertiary/aromatic N) is 2. The van der Waals surface area contributed by atoms with Crippen LogP contribution in [0.2, 0.25) is 10.0 Å². The Morgan fingerprint density at radius 1 is 1.31 bits per heavy atom. The summed E-state index contributed by atoms with van der Waals surface area (Å²) in [6.07, 6.45) is 3.39. The minimum Gasteiger partial charge on any atom is -0.385 e. The molecular weight excluding hydrogens is 463 g/mol. The molecule has 156 valence electrons. The van der Waals surface area contributed by atoms with Crippen molar-refractivity contribution in [2.24, 2.45) is 0 Å². The number of nitro groups is 1. The van der Waals surface area contributed by atoms with Gasteiger partial charge >= 0.3 is 0 Å². The van der Waals surface area contributed by atoms with Gasteiger partial charge in [-0.2, -0.15) is 0 Å². The molecule has 0 fully saturated rings. The highest BCUT2D eigenvalue weighted by Gasteiger charge is 2.25. The molecule has 2 aromatic heterocycles. The molecule has 0 bridgehead atoms. The zero-order valence-electron chi connectivity index (χ0n) is 15.1. The largest absolute Gasteiger partial charge is 0.385 e. The van der Waals surface area contributed by atoms with Gasteiger partial charge in [0, 0.05) is 38.7 Å². The molecule has 0 aliphatic heterocycles. The van der Waals surface area contributed by atoms with Crippen LogP contribution in [0.15, 0.2) is 27.6 Å². The number of amides is 2. The second kappa shape index (κ2) is 11.3. The van der Waals surface area contributed by atoms with Gasteiger partial charge in [0.2, 0.25) is 5.91 Å². The van der Waals surface area contributed by atoms with Crippen LogP contribution >= 0.6 is 46.3 Å². The molecule has 0 spiro atoms. The number of carbonyl (C=O) groups excluding carboxylic acids is 2. The molecule has 0 unspecified atom stereocenters. The van der Waals surface area contributed by atoms with Crippen molar-refractivity contribution in [3.05, 3.63) is 43.5 Å². The first-order chi connectivity index (χ1) is 13.8. The van der Waals surface area contributed by atoms with Crippen LogP contribution < -0.4 is 10.6 Å². The Morgan fingerprint density at radius 2 is 2.00 bits per heavy atom. The van der Waals surface area contributed by atoms with Crippen LogP contribution in [0.4, 0.5) is 5.69 Å². The minimum atomic E-state index is -0.596. The third kappa shape index (κ3) is 6.82. The van der Waals surface area contributed by atoms with Crippen molar-refractivity contribution in [1.29, 1.82) is 0 Å². The van der Waals surface area contributed by atoms with Crippen molar-refractivity contribution < 1.29 is 19.2 Å². The number of halogens is 2. The molecule has 0 radical (unpaired) electrons. The van der Waals surface area contributed by atoms with Crippen LogP contribution in [0.1, 0.15) is 16.1 Å². The lowest BCUT2D eigenvalue weighted by Gasteiger charge is -2.05. The van der Waals surface area contributed by atoms with E-state index in [2.05, 4.69) is 15.6 Å². The summed E-state index contributed by atoms with van der Waals surface area (Å²) in [4.78, 5) is 39.1. The van der Waals surface area contributed by atoms with E-state index in [0.29, 0.717) is 24.5 Å². The van der Waals surface area contributed by atoms with Crippen LogP contribution in [0.25, 0.3) is 0 Å². The molecule has 2 heterocycles. The Balaban J connectivity index is 2.06. The molecule has 13 heteroatoms. The van der Waals surface area contributed by atoms with Crippen LogP contribution in [0.5, 0.6) is 0 Å². The minimum absolute atomic E-state index is 0.0904. The van der Waals surface area contributed by atoms with Gasteiger partial charge in [-0.25, -0.2) is 0 Å². The summed E-state index contributed by atoms with van der Waals surface area (Å²) in [5.41, 5.74) is -0.252. The third-order valence-electron chi connectivity index (χ3n) is 3.36. The molecule has 29 heavy (non-hydrogen) atoms. The first-order valence-corrected chi connectivity index (χ1v) is 10.5. The van der Waals surface area contributed by atoms with Gasteiger partial charge in [-0.3, -0.25) is 24.7 Å². The van der Waals surface area contributed by atoms with Gasteiger partial charge in [0.15, 0.2) is 0 Å². The molecule has 0 aliphatic rings. The third-order valence-corrected chi connectivity index (χ3v) is 6.61. The lowest BCUT2D eigenvalue weighted by Crippen LogP contribution is -2.37. The van der Waals surface area contributed by atoms with E-state index < -0.39 is 10.8 Å². The lowest BCUT2D eigenvalue weighted by atomic mass is 10.4. The van der Waals surface area contributed by atoms with Gasteiger partial charge in [0.25, 0.3) is 11.6 Å². The zero-order valence-corrected chi connectivity index (χ0v) is 18.2. The summed E-state index contributed by atoms with van der Waals surface area (Å²) < 4.78 is 5.11. The van der Waals surface area contributed by atoms with Crippen LogP contribution in [0, 0.1) is 10.1 Å². The van der Waals surface area contributed by atoms with Crippen molar-refractivity contribution in [2.75, 3.05) is 26.8 Å². The first kappa shape index (κ1) is 23.4. The van der Waals surface area contributed by atoms with Crippen molar-refractivity contribution in [3.8, 4) is 0 Å². The molecule has 2 aromatic rings. The summed E-state index contributed by atoms with van der Waals surface area (Å²) in [6, 6.07) is 1.15. The summed E-state index contributed by atoms with van der Waals surface area (Å²) in [6.45, 7) is 0.681. The summed E-state index contributed by atoms with van der Waals surface area (Å²) >= 11 is 14.0. The quantitative estimate of drug-likeness (QED) is 0.304. The van der Waals surface area contributed by atoms with E-state index in [1.807, 2.05) is 0 Å². The topological polar surface area (TPSA) is 123 Å². The smallest absolute Gasteiger partial charge is 0.294 e. The van der Waals surface area contributed by atoms with Crippen LogP contribution in [-0.2, 0) is 9.53 Å². The monoisotopic (exact) mass is 478 g/mol. The van der Waals surface area contributed by atoms with Crippen molar-refractivity contribution in [2.45, 2.75) is 15.5 Å². The number of nitrogens with one attached hydrogen (secondary N) is 2. The van der Waals surface area contributed by atoms with Gasteiger partial charge in [0.1, 0.15) is 9.09 Å². The van der Waals surface area contributed by atoms with E-state index in [1.165, 1.54) is 12.4 Å². The zero-order chi connectivity index (χ0) is 21.4. The highest BCUT2D eigenvalue weighted by molar-refractivity contribution is 8.01. The summed E-state index contributed by atoms with van der Waals surface area (Å²) in [5, 5.41) is 16.9. The molecule has 9 nitrogen and oxygen atoms in total. The van der Waals surface area contributed by atoms with E-state index in [0.717, 1.165) is 29.2 Å². The fraction of sp³-hybridized carbons (Fsp3) is 0.312. The lowest BCUT2D eigenvalue weighted by molar-refractivity contribution is -0.387. The maximum absolute atomic E-state index is 12.3. The number of thiophene rings is 1. The molecule has 0 saturated carbocycles. The number of pyridine rings is 1. The standard InChI is InChI=1S/C16H16Cl2N4O5S2/c1-27-4-2-3-20-13(23)8-21-15(24)12-5-11(22(25)26)16(28-12)29-14-9(17)6-19-7-10(14)18/h5-7H,2-4,8H2,1H3,(H,20,23)(H,21,24). The van der Waals surface area contributed by atoms with E-state index in [4.69, 9.17) is 27.9 Å². The van der Waals surface area contributed by atoms with E-state index in [1.54, 1.807) is 7.11 Å². The Labute approximate surface area is 184 Å². The maximum atomic E-state index is 12.3. The number of carbonyl (C=O) groups is 2. The molecule has 2 amide bonds. The SMILES string of the molecule is COCCCNC(=O)CNC(=O)c1cc([N+](=O)[O-])c(Sc2c(Cl)cncc2Cl)s1. The maximum Gasteiger partial charge on any atom is 0.294 e. The van der Waals surface area contributed by atoms with Crippen molar-refractivity contribution >= 4 is 63.8 Å². The Hall–Kier alpha value is -1.92. The predicted octanol–water partition coefficient (Wildman–Crippen LogP) is 3.39. The fourth-order valence-electron chi connectivity index (χ4n) is 2.02. The highest BCUT2D eigenvalue weighted by atomic mass is 35.5. The van der Waals surface area contributed by atoms with E-state index in [9.17, 15) is 19.7 Å². The van der Waals surface area contributed by atoms with Crippen LogP contribution in [-0.4, -0.2) is 48.5 Å². The highest BCUT2D eigenvalue weighted by Crippen LogP contribution is 2.45. The van der Waals surface area contributed by atoms with E-state index in [-0.39, 0.29) is 37.3 Å². The Kier molecular flexibility index (Phi) is 9.11. The van der Waals surface area contributed by atoms with Crippen LogP contribution in [0.3, 0.4) is 0 Å². The molecule has 0 aliphatic carbocycles.